The summed E-state index contributed by atoms with van der Waals surface area (Å²) in [5.74, 6) is -2.29. The highest BCUT2D eigenvalue weighted by Gasteiger charge is 2.80. The summed E-state index contributed by atoms with van der Waals surface area (Å²) >= 11 is 0. The van der Waals surface area contributed by atoms with E-state index in [1.54, 1.807) is 12.1 Å². The molecule has 2 saturated heterocycles. The number of alkyl halides is 3. The maximum atomic E-state index is 14.2. The highest BCUT2D eigenvalue weighted by molar-refractivity contribution is 6.27. The minimum atomic E-state index is -4.91. The van der Waals surface area contributed by atoms with E-state index < -0.39 is 40.5 Å². The lowest BCUT2D eigenvalue weighted by atomic mass is 9.82. The second-order valence-electron chi connectivity index (χ2n) is 7.63. The number of non-ortho nitro benzene ring substituents is 1. The molecule has 150 valence electrons. The van der Waals surface area contributed by atoms with Crippen molar-refractivity contribution in [3.8, 4) is 0 Å². The summed E-state index contributed by atoms with van der Waals surface area (Å²) in [6, 6.07) is 6.61. The number of rotatable bonds is 2. The highest BCUT2D eigenvalue weighted by atomic mass is 19.4. The predicted octanol–water partition coefficient (Wildman–Crippen LogP) is 4.00. The van der Waals surface area contributed by atoms with E-state index in [1.807, 2.05) is 0 Å². The van der Waals surface area contributed by atoms with Crippen LogP contribution in [0.4, 0.5) is 29.3 Å². The fourth-order valence-electron chi connectivity index (χ4n) is 5.33. The van der Waals surface area contributed by atoms with Gasteiger partial charge in [0, 0.05) is 23.4 Å². The number of hydrogen-bond donors (Lipinski definition) is 0. The summed E-state index contributed by atoms with van der Waals surface area (Å²) in [6.45, 7) is 0. The highest BCUT2D eigenvalue weighted by Crippen LogP contribution is 2.60. The molecule has 2 aliphatic heterocycles. The first-order valence-corrected chi connectivity index (χ1v) is 9.10. The molecule has 0 N–H and O–H groups in total. The van der Waals surface area contributed by atoms with Gasteiger partial charge in [0.05, 0.1) is 16.0 Å². The first-order valence-electron chi connectivity index (χ1n) is 9.10. The number of benzene rings is 2. The SMILES string of the molecule is O=C1N(c2ccc([N+](=O)[O-])c3ccccc23)C(=O)[C@@]2(C(F)(F)F)[C@@H]3CC[C@@H](C3)N12. The van der Waals surface area contributed by atoms with Crippen LogP contribution < -0.4 is 4.90 Å². The van der Waals surface area contributed by atoms with E-state index >= 15 is 0 Å². The van der Waals surface area contributed by atoms with Crippen LogP contribution in [0, 0.1) is 16.0 Å². The Morgan fingerprint density at radius 1 is 1.07 bits per heavy atom. The van der Waals surface area contributed by atoms with Crippen molar-refractivity contribution >= 4 is 34.1 Å². The molecular weight excluding hydrogens is 391 g/mol. The second kappa shape index (κ2) is 5.46. The van der Waals surface area contributed by atoms with Crippen LogP contribution in [0.3, 0.4) is 0 Å². The lowest BCUT2D eigenvalue weighted by molar-refractivity contribution is -0.383. The lowest BCUT2D eigenvalue weighted by Gasteiger charge is -2.39. The molecule has 3 amide bonds. The third-order valence-corrected chi connectivity index (χ3v) is 6.42. The molecule has 0 radical (unpaired) electrons. The average Bonchev–Trinajstić information content (AvgIpc) is 3.32. The molecule has 3 fully saturated rings. The molecule has 5 rings (SSSR count). The summed E-state index contributed by atoms with van der Waals surface area (Å²) in [6.07, 6.45) is -4.10. The number of imide groups is 1. The van der Waals surface area contributed by atoms with Crippen LogP contribution in [-0.4, -0.2) is 39.5 Å². The van der Waals surface area contributed by atoms with Crippen molar-refractivity contribution in [2.24, 2.45) is 5.92 Å². The van der Waals surface area contributed by atoms with E-state index in [2.05, 4.69) is 0 Å². The number of anilines is 1. The molecule has 1 aliphatic carbocycles. The van der Waals surface area contributed by atoms with Crippen molar-refractivity contribution in [2.75, 3.05) is 4.90 Å². The van der Waals surface area contributed by atoms with Gasteiger partial charge in [-0.05, 0) is 31.4 Å². The minimum absolute atomic E-state index is 0.0707. The van der Waals surface area contributed by atoms with Gasteiger partial charge < -0.3 is 0 Å². The van der Waals surface area contributed by atoms with Gasteiger partial charge in [0.2, 0.25) is 5.54 Å². The number of nitro benzene ring substituents is 1. The molecule has 2 aromatic rings. The van der Waals surface area contributed by atoms with Gasteiger partial charge in [-0.1, -0.05) is 18.2 Å². The molecule has 0 aromatic heterocycles. The van der Waals surface area contributed by atoms with Crippen molar-refractivity contribution in [2.45, 2.75) is 37.0 Å². The van der Waals surface area contributed by atoms with Crippen LogP contribution in [0.1, 0.15) is 19.3 Å². The topological polar surface area (TPSA) is 83.8 Å². The summed E-state index contributed by atoms with van der Waals surface area (Å²) in [4.78, 5) is 38.3. The molecule has 0 unspecified atom stereocenters. The third kappa shape index (κ3) is 1.98. The summed E-state index contributed by atoms with van der Waals surface area (Å²) in [5, 5.41) is 11.6. The Balaban J connectivity index is 1.74. The Labute approximate surface area is 161 Å². The number of fused-ring (bicyclic) bond motifs is 6. The maximum absolute atomic E-state index is 14.2. The number of carbonyl (C=O) groups excluding carboxylic acids is 2. The Morgan fingerprint density at radius 3 is 2.38 bits per heavy atom. The summed E-state index contributed by atoms with van der Waals surface area (Å²) in [7, 11) is 0. The molecule has 2 aromatic carbocycles. The number of urea groups is 1. The van der Waals surface area contributed by atoms with Crippen LogP contribution in [-0.2, 0) is 4.79 Å². The zero-order valence-electron chi connectivity index (χ0n) is 14.8. The second-order valence-corrected chi connectivity index (χ2v) is 7.63. The number of nitro groups is 1. The van der Waals surface area contributed by atoms with Crippen molar-refractivity contribution in [1.29, 1.82) is 0 Å². The molecule has 10 heteroatoms. The fourth-order valence-corrected chi connectivity index (χ4v) is 5.33. The van der Waals surface area contributed by atoms with Gasteiger partial charge in [-0.25, -0.2) is 9.69 Å². The van der Waals surface area contributed by atoms with Gasteiger partial charge in [0.25, 0.3) is 11.6 Å². The van der Waals surface area contributed by atoms with Crippen LogP contribution in [0.2, 0.25) is 0 Å². The Hall–Kier alpha value is -3.17. The smallest absolute Gasteiger partial charge is 0.298 e. The molecule has 29 heavy (non-hydrogen) atoms. The summed E-state index contributed by atoms with van der Waals surface area (Å²) < 4.78 is 42.7. The number of amides is 3. The van der Waals surface area contributed by atoms with E-state index in [0.29, 0.717) is 16.2 Å². The number of piperidine rings is 1. The van der Waals surface area contributed by atoms with E-state index in [0.717, 1.165) is 6.07 Å². The van der Waals surface area contributed by atoms with E-state index in [4.69, 9.17) is 0 Å². The zero-order valence-corrected chi connectivity index (χ0v) is 14.8. The van der Waals surface area contributed by atoms with E-state index in [-0.39, 0.29) is 35.0 Å². The number of nitrogens with zero attached hydrogens (tertiary/aromatic N) is 3. The van der Waals surface area contributed by atoms with Gasteiger partial charge in [0.1, 0.15) is 0 Å². The van der Waals surface area contributed by atoms with Gasteiger partial charge in [-0.3, -0.25) is 19.8 Å². The zero-order chi connectivity index (χ0) is 20.7. The van der Waals surface area contributed by atoms with Gasteiger partial charge in [-0.15, -0.1) is 0 Å². The summed E-state index contributed by atoms with van der Waals surface area (Å²) in [5.41, 5.74) is -3.18. The standard InChI is InChI=1S/C19H14F3N3O4/c20-19(21,22)18-10-5-6-11(9-10)24(18)17(27)23(16(18)26)14-7-8-15(25(28)29)13-4-2-1-3-12(13)14/h1-4,7-8,10-11H,5-6,9H2/t10-,11+,18-/m1/s1. The van der Waals surface area contributed by atoms with Crippen LogP contribution in [0.5, 0.6) is 0 Å². The predicted molar refractivity (Wildman–Crippen MR) is 95.2 cm³/mol. The average molecular weight is 405 g/mol. The van der Waals surface area contributed by atoms with Gasteiger partial charge in [-0.2, -0.15) is 13.2 Å². The first-order chi connectivity index (χ1) is 13.7. The Morgan fingerprint density at radius 2 is 1.76 bits per heavy atom. The van der Waals surface area contributed by atoms with Gasteiger partial charge in [0.15, 0.2) is 0 Å². The van der Waals surface area contributed by atoms with E-state index in [9.17, 15) is 32.9 Å². The van der Waals surface area contributed by atoms with Crippen LogP contribution in [0.25, 0.3) is 10.8 Å². The number of carbonyl (C=O) groups is 2. The number of halogens is 3. The van der Waals surface area contributed by atoms with Crippen LogP contribution in [0.15, 0.2) is 36.4 Å². The molecule has 2 heterocycles. The Kier molecular flexibility index (Phi) is 3.37. The van der Waals surface area contributed by atoms with E-state index in [1.165, 1.54) is 18.2 Å². The fraction of sp³-hybridized carbons (Fsp3) is 0.368. The molecule has 3 aliphatic rings. The quantitative estimate of drug-likeness (QED) is 0.430. The normalized spacial score (nSPS) is 28.5. The number of hydrogen-bond acceptors (Lipinski definition) is 4. The molecule has 1 saturated carbocycles. The monoisotopic (exact) mass is 405 g/mol. The molecular formula is C19H14F3N3O4. The van der Waals surface area contributed by atoms with Crippen molar-refractivity contribution < 1.29 is 27.7 Å². The molecule has 2 bridgehead atoms. The lowest BCUT2D eigenvalue weighted by Crippen LogP contribution is -2.63. The molecule has 3 atom stereocenters. The first kappa shape index (κ1) is 17.9. The van der Waals surface area contributed by atoms with Crippen molar-refractivity contribution in [3.63, 3.8) is 0 Å². The van der Waals surface area contributed by atoms with Crippen molar-refractivity contribution in [3.05, 3.63) is 46.5 Å². The van der Waals surface area contributed by atoms with Gasteiger partial charge >= 0.3 is 12.2 Å². The molecule has 7 nitrogen and oxygen atoms in total. The largest absolute Gasteiger partial charge is 0.421 e. The maximum Gasteiger partial charge on any atom is 0.421 e. The van der Waals surface area contributed by atoms with Crippen LogP contribution >= 0.6 is 0 Å². The molecule has 0 spiro atoms. The van der Waals surface area contributed by atoms with Crippen molar-refractivity contribution in [1.82, 2.24) is 4.90 Å². The Bertz CT molecular complexity index is 1100. The minimum Gasteiger partial charge on any atom is -0.298 e. The third-order valence-electron chi connectivity index (χ3n) is 6.42.